The summed E-state index contributed by atoms with van der Waals surface area (Å²) >= 11 is 0. The monoisotopic (exact) mass is 189 g/mol. The van der Waals surface area contributed by atoms with Gasteiger partial charge >= 0.3 is 0 Å². The molecular formula is C10H11N3O. The third-order valence-electron chi connectivity index (χ3n) is 2.23. The molecule has 0 unspecified atom stereocenters. The van der Waals surface area contributed by atoms with E-state index in [1.54, 1.807) is 11.4 Å². The highest BCUT2D eigenvalue weighted by Crippen LogP contribution is 2.15. The Morgan fingerprint density at radius 3 is 3.00 bits per heavy atom. The van der Waals surface area contributed by atoms with E-state index in [2.05, 4.69) is 10.3 Å². The second kappa shape index (κ2) is 3.14. The molecule has 72 valence electrons. The van der Waals surface area contributed by atoms with E-state index >= 15 is 0 Å². The summed E-state index contributed by atoms with van der Waals surface area (Å²) in [6.07, 6.45) is 1.87. The lowest BCUT2D eigenvalue weighted by atomic mass is 10.1. The average Bonchev–Trinajstić information content (AvgIpc) is 2.53. The molecule has 2 heterocycles. The van der Waals surface area contributed by atoms with Crippen molar-refractivity contribution in [2.24, 2.45) is 5.16 Å². The molecule has 0 aliphatic heterocycles. The molecule has 4 nitrogen and oxygen atoms in total. The van der Waals surface area contributed by atoms with Crippen LogP contribution in [0, 0.1) is 6.92 Å². The zero-order chi connectivity index (χ0) is 10.1. The summed E-state index contributed by atoms with van der Waals surface area (Å²) in [4.78, 5) is 0. The van der Waals surface area contributed by atoms with Crippen molar-refractivity contribution in [3.05, 3.63) is 35.7 Å². The first-order valence-electron chi connectivity index (χ1n) is 4.37. The van der Waals surface area contributed by atoms with Crippen LogP contribution >= 0.6 is 0 Å². The molecule has 0 bridgehead atoms. The molecule has 2 aromatic rings. The summed E-state index contributed by atoms with van der Waals surface area (Å²) in [6, 6.07) is 5.79. The highest BCUT2D eigenvalue weighted by Gasteiger charge is 2.11. The van der Waals surface area contributed by atoms with Crippen molar-refractivity contribution in [2.45, 2.75) is 13.8 Å². The van der Waals surface area contributed by atoms with Crippen LogP contribution in [0.3, 0.4) is 0 Å². The second-order valence-corrected chi connectivity index (χ2v) is 3.18. The molecule has 0 saturated carbocycles. The minimum Gasteiger partial charge on any atom is -0.411 e. The SMILES string of the molecule is C/C(=N/O)c1c(C)nn2ccccc12. The molecule has 14 heavy (non-hydrogen) atoms. The summed E-state index contributed by atoms with van der Waals surface area (Å²) in [7, 11) is 0. The minimum atomic E-state index is 0.587. The van der Waals surface area contributed by atoms with Crippen molar-refractivity contribution < 1.29 is 5.21 Å². The quantitative estimate of drug-likeness (QED) is 0.422. The Morgan fingerprint density at radius 1 is 1.50 bits per heavy atom. The average molecular weight is 189 g/mol. The maximum Gasteiger partial charge on any atom is 0.0877 e. The lowest BCUT2D eigenvalue weighted by Gasteiger charge is -1.96. The van der Waals surface area contributed by atoms with E-state index in [1.165, 1.54) is 0 Å². The van der Waals surface area contributed by atoms with Crippen LogP contribution in [0.15, 0.2) is 29.6 Å². The van der Waals surface area contributed by atoms with E-state index in [9.17, 15) is 0 Å². The molecule has 0 amide bonds. The van der Waals surface area contributed by atoms with Crippen molar-refractivity contribution in [3.8, 4) is 0 Å². The van der Waals surface area contributed by atoms with Gasteiger partial charge in [-0.2, -0.15) is 5.10 Å². The van der Waals surface area contributed by atoms with Crippen molar-refractivity contribution in [3.63, 3.8) is 0 Å². The fourth-order valence-corrected chi connectivity index (χ4v) is 1.61. The van der Waals surface area contributed by atoms with E-state index in [1.807, 2.05) is 31.3 Å². The largest absolute Gasteiger partial charge is 0.411 e. The number of pyridine rings is 1. The van der Waals surface area contributed by atoms with Gasteiger partial charge in [0.1, 0.15) is 0 Å². The van der Waals surface area contributed by atoms with Gasteiger partial charge in [0.05, 0.1) is 16.9 Å². The predicted molar refractivity (Wildman–Crippen MR) is 53.9 cm³/mol. The molecule has 0 atom stereocenters. The molecule has 0 aliphatic carbocycles. The van der Waals surface area contributed by atoms with E-state index in [0.29, 0.717) is 5.71 Å². The second-order valence-electron chi connectivity index (χ2n) is 3.18. The Bertz CT molecular complexity index is 499. The molecular weight excluding hydrogens is 178 g/mol. The van der Waals surface area contributed by atoms with Crippen LogP contribution in [-0.2, 0) is 0 Å². The van der Waals surface area contributed by atoms with Gasteiger partial charge in [0, 0.05) is 11.8 Å². The number of aryl methyl sites for hydroxylation is 1. The van der Waals surface area contributed by atoms with E-state index in [4.69, 9.17) is 5.21 Å². The Morgan fingerprint density at radius 2 is 2.29 bits per heavy atom. The van der Waals surface area contributed by atoms with Crippen LogP contribution in [-0.4, -0.2) is 20.5 Å². The number of rotatable bonds is 1. The normalized spacial score (nSPS) is 12.3. The topological polar surface area (TPSA) is 49.9 Å². The molecule has 0 spiro atoms. The lowest BCUT2D eigenvalue weighted by Crippen LogP contribution is -1.95. The number of nitrogens with zero attached hydrogens (tertiary/aromatic N) is 3. The fraction of sp³-hybridized carbons (Fsp3) is 0.200. The van der Waals surface area contributed by atoms with E-state index < -0.39 is 0 Å². The van der Waals surface area contributed by atoms with E-state index in [-0.39, 0.29) is 0 Å². The third kappa shape index (κ3) is 1.16. The number of fused-ring (bicyclic) bond motifs is 1. The van der Waals surface area contributed by atoms with Gasteiger partial charge in [-0.05, 0) is 26.0 Å². The maximum atomic E-state index is 8.74. The Balaban J connectivity index is 2.81. The van der Waals surface area contributed by atoms with Crippen molar-refractivity contribution in [2.75, 3.05) is 0 Å². The molecule has 0 saturated heterocycles. The van der Waals surface area contributed by atoms with Gasteiger partial charge in [-0.1, -0.05) is 11.2 Å². The zero-order valence-corrected chi connectivity index (χ0v) is 8.10. The molecule has 4 heteroatoms. The van der Waals surface area contributed by atoms with Crippen LogP contribution in [0.1, 0.15) is 18.2 Å². The Hall–Kier alpha value is -1.84. The highest BCUT2D eigenvalue weighted by atomic mass is 16.4. The first-order chi connectivity index (χ1) is 6.74. The zero-order valence-electron chi connectivity index (χ0n) is 8.10. The number of hydrogen-bond acceptors (Lipinski definition) is 3. The smallest absolute Gasteiger partial charge is 0.0877 e. The van der Waals surface area contributed by atoms with Gasteiger partial charge in [-0.3, -0.25) is 0 Å². The summed E-state index contributed by atoms with van der Waals surface area (Å²) in [5, 5.41) is 16.3. The summed E-state index contributed by atoms with van der Waals surface area (Å²) in [5.74, 6) is 0. The van der Waals surface area contributed by atoms with Crippen LogP contribution in [0.25, 0.3) is 5.52 Å². The standard InChI is InChI=1S/C10H11N3O/c1-7-10(8(2)12-14)9-5-3-4-6-13(9)11-7/h3-6,14H,1-2H3/b12-8-. The van der Waals surface area contributed by atoms with Gasteiger partial charge in [0.15, 0.2) is 0 Å². The van der Waals surface area contributed by atoms with Crippen LogP contribution < -0.4 is 0 Å². The summed E-state index contributed by atoms with van der Waals surface area (Å²) in [5.41, 5.74) is 3.31. The van der Waals surface area contributed by atoms with Crippen LogP contribution in [0.5, 0.6) is 0 Å². The summed E-state index contributed by atoms with van der Waals surface area (Å²) in [6.45, 7) is 3.66. The maximum absolute atomic E-state index is 8.74. The van der Waals surface area contributed by atoms with Crippen molar-refractivity contribution in [1.29, 1.82) is 0 Å². The van der Waals surface area contributed by atoms with Gasteiger partial charge in [-0.25, -0.2) is 4.52 Å². The molecule has 0 aromatic carbocycles. The molecule has 0 radical (unpaired) electrons. The molecule has 0 aliphatic rings. The molecule has 2 rings (SSSR count). The minimum absolute atomic E-state index is 0.587. The molecule has 2 aromatic heterocycles. The van der Waals surface area contributed by atoms with Crippen molar-refractivity contribution in [1.82, 2.24) is 9.61 Å². The lowest BCUT2D eigenvalue weighted by molar-refractivity contribution is 0.319. The first-order valence-corrected chi connectivity index (χ1v) is 4.37. The number of oxime groups is 1. The van der Waals surface area contributed by atoms with Crippen molar-refractivity contribution >= 4 is 11.2 Å². The van der Waals surface area contributed by atoms with Crippen LogP contribution in [0.2, 0.25) is 0 Å². The molecule has 1 N–H and O–H groups in total. The predicted octanol–water partition coefficient (Wildman–Crippen LogP) is 1.84. The Kier molecular flexibility index (Phi) is 1.96. The van der Waals surface area contributed by atoms with Gasteiger partial charge in [-0.15, -0.1) is 0 Å². The summed E-state index contributed by atoms with van der Waals surface area (Å²) < 4.78 is 1.78. The third-order valence-corrected chi connectivity index (χ3v) is 2.23. The fourth-order valence-electron chi connectivity index (χ4n) is 1.61. The van der Waals surface area contributed by atoms with E-state index in [0.717, 1.165) is 16.8 Å². The number of hydrogen-bond donors (Lipinski definition) is 1. The van der Waals surface area contributed by atoms with Gasteiger partial charge in [0.25, 0.3) is 0 Å². The molecule has 0 fully saturated rings. The highest BCUT2D eigenvalue weighted by molar-refractivity contribution is 6.05. The van der Waals surface area contributed by atoms with Gasteiger partial charge in [0.2, 0.25) is 0 Å². The Labute approximate surface area is 81.5 Å². The first kappa shape index (κ1) is 8.74. The van der Waals surface area contributed by atoms with Gasteiger partial charge < -0.3 is 5.21 Å². The number of aromatic nitrogens is 2. The van der Waals surface area contributed by atoms with Crippen LogP contribution in [0.4, 0.5) is 0 Å².